The first kappa shape index (κ1) is 13.9. The Morgan fingerprint density at radius 2 is 2.30 bits per heavy atom. The summed E-state index contributed by atoms with van der Waals surface area (Å²) in [6.45, 7) is 1.70. The molecule has 0 unspecified atom stereocenters. The summed E-state index contributed by atoms with van der Waals surface area (Å²) in [4.78, 5) is 14.6. The van der Waals surface area contributed by atoms with Crippen molar-refractivity contribution in [3.05, 3.63) is 28.4 Å². The number of hydrogen-bond acceptors (Lipinski definition) is 3. The lowest BCUT2D eigenvalue weighted by Crippen LogP contribution is -2.46. The molecule has 2 aliphatic rings. The van der Waals surface area contributed by atoms with Gasteiger partial charge in [0.25, 0.3) is 5.91 Å². The number of likely N-dealkylation sites (tertiary alicyclic amines) is 1. The Kier molecular flexibility index (Phi) is 3.48. The van der Waals surface area contributed by atoms with E-state index in [-0.39, 0.29) is 18.3 Å². The van der Waals surface area contributed by atoms with Crippen LogP contribution in [0.4, 0.5) is 0 Å². The van der Waals surface area contributed by atoms with Crippen LogP contribution >= 0.6 is 28.3 Å². The van der Waals surface area contributed by atoms with Gasteiger partial charge in [-0.1, -0.05) is 15.9 Å². The second-order valence-electron chi connectivity index (χ2n) is 5.21. The van der Waals surface area contributed by atoms with Crippen LogP contribution in [0.25, 0.3) is 10.9 Å². The average molecular weight is 358 g/mol. The van der Waals surface area contributed by atoms with Crippen molar-refractivity contribution in [1.29, 1.82) is 0 Å². The van der Waals surface area contributed by atoms with Crippen LogP contribution in [0.2, 0.25) is 0 Å². The summed E-state index contributed by atoms with van der Waals surface area (Å²) in [6.07, 6.45) is 1.07. The number of H-pyrrole nitrogens is 1. The molecule has 2 fully saturated rings. The van der Waals surface area contributed by atoms with Gasteiger partial charge in [0.1, 0.15) is 0 Å². The first-order chi connectivity index (χ1) is 9.22. The zero-order chi connectivity index (χ0) is 13.0. The fourth-order valence-corrected chi connectivity index (χ4v) is 3.46. The summed E-state index contributed by atoms with van der Waals surface area (Å²) < 4.78 is 0.958. The lowest BCUT2D eigenvalue weighted by molar-refractivity contribution is 0.0712. The molecule has 1 amide bonds. The van der Waals surface area contributed by atoms with Crippen LogP contribution < -0.4 is 5.32 Å². The molecule has 0 radical (unpaired) electrons. The number of aromatic nitrogens is 2. The van der Waals surface area contributed by atoms with Gasteiger partial charge in [0.15, 0.2) is 5.69 Å². The molecule has 1 aromatic carbocycles. The van der Waals surface area contributed by atoms with Gasteiger partial charge in [0.05, 0.1) is 5.52 Å². The molecule has 2 N–H and O–H groups in total. The molecular weight excluding hydrogens is 344 g/mol. The van der Waals surface area contributed by atoms with Crippen LogP contribution in [-0.4, -0.2) is 46.2 Å². The molecule has 0 saturated carbocycles. The van der Waals surface area contributed by atoms with Crippen LogP contribution in [0.1, 0.15) is 16.9 Å². The predicted octanol–water partition coefficient (Wildman–Crippen LogP) is 1.93. The van der Waals surface area contributed by atoms with E-state index in [1.54, 1.807) is 0 Å². The standard InChI is InChI=1S/C13H13BrN4O.ClH/c14-7-1-2-11-10(3-7)12(17-16-11)13(19)18-6-8-4-9(18)5-15-8;/h1-3,8-9,15H,4-6H2,(H,16,17);1H/t8-,9-;/m0./s1. The van der Waals surface area contributed by atoms with E-state index in [1.807, 2.05) is 23.1 Å². The maximum Gasteiger partial charge on any atom is 0.275 e. The van der Waals surface area contributed by atoms with E-state index < -0.39 is 0 Å². The maximum atomic E-state index is 12.6. The summed E-state index contributed by atoms with van der Waals surface area (Å²) in [7, 11) is 0. The van der Waals surface area contributed by atoms with Crippen LogP contribution in [0.5, 0.6) is 0 Å². The number of nitrogens with zero attached hydrogens (tertiary/aromatic N) is 2. The molecule has 2 aromatic rings. The Balaban J connectivity index is 0.00000121. The van der Waals surface area contributed by atoms with Gasteiger partial charge in [-0.3, -0.25) is 9.89 Å². The second-order valence-corrected chi connectivity index (χ2v) is 6.13. The van der Waals surface area contributed by atoms with Crippen molar-refractivity contribution in [3.63, 3.8) is 0 Å². The van der Waals surface area contributed by atoms with Gasteiger partial charge >= 0.3 is 0 Å². The Morgan fingerprint density at radius 3 is 3.00 bits per heavy atom. The lowest BCUT2D eigenvalue weighted by Gasteiger charge is -2.26. The van der Waals surface area contributed by atoms with Crippen molar-refractivity contribution in [2.24, 2.45) is 0 Å². The highest BCUT2D eigenvalue weighted by atomic mass is 79.9. The molecule has 1 aromatic heterocycles. The quantitative estimate of drug-likeness (QED) is 0.820. The molecule has 2 aliphatic heterocycles. The summed E-state index contributed by atoms with van der Waals surface area (Å²) in [5.41, 5.74) is 1.43. The summed E-state index contributed by atoms with van der Waals surface area (Å²) in [5.74, 6) is 0.0401. The highest BCUT2D eigenvalue weighted by Gasteiger charge is 2.41. The van der Waals surface area contributed by atoms with Crippen LogP contribution in [0, 0.1) is 0 Å². The van der Waals surface area contributed by atoms with Crippen molar-refractivity contribution in [2.75, 3.05) is 13.1 Å². The van der Waals surface area contributed by atoms with E-state index in [4.69, 9.17) is 0 Å². The third-order valence-electron chi connectivity index (χ3n) is 4.04. The van der Waals surface area contributed by atoms with Crippen molar-refractivity contribution in [1.82, 2.24) is 20.4 Å². The Bertz CT molecular complexity index is 673. The molecule has 5 nitrogen and oxygen atoms in total. The number of piperazine rings is 1. The zero-order valence-corrected chi connectivity index (χ0v) is 13.0. The van der Waals surface area contributed by atoms with Crippen LogP contribution in [0.3, 0.4) is 0 Å². The number of aromatic amines is 1. The summed E-state index contributed by atoms with van der Waals surface area (Å²) >= 11 is 3.44. The molecule has 7 heteroatoms. The molecule has 4 rings (SSSR count). The molecule has 2 atom stereocenters. The molecule has 20 heavy (non-hydrogen) atoms. The fourth-order valence-electron chi connectivity index (χ4n) is 3.09. The van der Waals surface area contributed by atoms with Crippen LogP contribution in [0.15, 0.2) is 22.7 Å². The first-order valence-corrected chi connectivity index (χ1v) is 7.19. The number of rotatable bonds is 1. The Hall–Kier alpha value is -1.11. The normalized spacial score (nSPS) is 24.1. The van der Waals surface area contributed by atoms with Gasteiger partial charge < -0.3 is 10.2 Å². The van der Waals surface area contributed by atoms with Gasteiger partial charge in [0, 0.05) is 35.0 Å². The second kappa shape index (κ2) is 5.02. The van der Waals surface area contributed by atoms with Gasteiger partial charge in [-0.05, 0) is 24.6 Å². The number of amides is 1. The van der Waals surface area contributed by atoms with E-state index in [1.165, 1.54) is 0 Å². The number of carbonyl (C=O) groups excluding carboxylic acids is 1. The molecule has 2 saturated heterocycles. The molecule has 106 valence electrons. The smallest absolute Gasteiger partial charge is 0.275 e. The van der Waals surface area contributed by atoms with Gasteiger partial charge in [-0.25, -0.2) is 0 Å². The van der Waals surface area contributed by atoms with Crippen LogP contribution in [-0.2, 0) is 0 Å². The molecule has 3 heterocycles. The van der Waals surface area contributed by atoms with Crippen molar-refractivity contribution >= 4 is 45.1 Å². The Morgan fingerprint density at radius 1 is 1.45 bits per heavy atom. The monoisotopic (exact) mass is 356 g/mol. The Labute approximate surface area is 130 Å². The number of nitrogens with one attached hydrogen (secondary N) is 2. The minimum Gasteiger partial charge on any atom is -0.331 e. The van der Waals surface area contributed by atoms with E-state index in [9.17, 15) is 4.79 Å². The maximum absolute atomic E-state index is 12.6. The fraction of sp³-hybridized carbons (Fsp3) is 0.385. The minimum atomic E-state index is 0. The zero-order valence-electron chi connectivity index (χ0n) is 10.6. The number of carbonyl (C=O) groups is 1. The predicted molar refractivity (Wildman–Crippen MR) is 82.3 cm³/mol. The molecule has 0 aliphatic carbocycles. The highest BCUT2D eigenvalue weighted by molar-refractivity contribution is 9.10. The number of hydrogen-bond donors (Lipinski definition) is 2. The van der Waals surface area contributed by atoms with Gasteiger partial charge in [0.2, 0.25) is 0 Å². The average Bonchev–Trinajstić information content (AvgIpc) is 3.11. The van der Waals surface area contributed by atoms with E-state index in [0.717, 1.165) is 34.9 Å². The van der Waals surface area contributed by atoms with Crippen molar-refractivity contribution in [2.45, 2.75) is 18.5 Å². The number of halogens is 2. The number of fused-ring (bicyclic) bond motifs is 3. The van der Waals surface area contributed by atoms with Crippen molar-refractivity contribution in [3.8, 4) is 0 Å². The minimum absolute atomic E-state index is 0. The number of benzene rings is 1. The summed E-state index contributed by atoms with van der Waals surface area (Å²) in [6, 6.07) is 6.61. The molecular formula is C13H14BrClN4O. The van der Waals surface area contributed by atoms with Gasteiger partial charge in [-0.2, -0.15) is 5.10 Å². The topological polar surface area (TPSA) is 61.0 Å². The highest BCUT2D eigenvalue weighted by Crippen LogP contribution is 2.27. The molecule has 2 bridgehead atoms. The molecule has 0 spiro atoms. The van der Waals surface area contributed by atoms with E-state index >= 15 is 0 Å². The third-order valence-corrected chi connectivity index (χ3v) is 4.54. The van der Waals surface area contributed by atoms with Crippen molar-refractivity contribution < 1.29 is 4.79 Å². The van der Waals surface area contributed by atoms with Gasteiger partial charge in [-0.15, -0.1) is 12.4 Å². The lowest BCUT2D eigenvalue weighted by atomic mass is 10.2. The van der Waals surface area contributed by atoms with E-state index in [2.05, 4.69) is 31.4 Å². The SMILES string of the molecule is Cl.O=C(c1n[nH]c2ccc(Br)cc12)N1C[C@@H]2C[C@H]1CN2. The third kappa shape index (κ3) is 2.03. The first-order valence-electron chi connectivity index (χ1n) is 6.40. The summed E-state index contributed by atoms with van der Waals surface area (Å²) in [5, 5.41) is 11.4. The van der Waals surface area contributed by atoms with E-state index in [0.29, 0.717) is 17.8 Å². The largest absolute Gasteiger partial charge is 0.331 e.